The van der Waals surface area contributed by atoms with Crippen LogP contribution in [-0.4, -0.2) is 78.9 Å². The maximum Gasteiger partial charge on any atom is 0.186 e. The van der Waals surface area contributed by atoms with Crippen molar-refractivity contribution in [2.45, 2.75) is 258 Å². The first-order valence-corrected chi connectivity index (χ1v) is 31.2. The Hall–Kier alpha value is 0.274. The van der Waals surface area contributed by atoms with Gasteiger partial charge in [0.2, 0.25) is 0 Å². The lowest BCUT2D eigenvalue weighted by atomic mass is 10.0. The van der Waals surface area contributed by atoms with Crippen molar-refractivity contribution in [3.8, 4) is 0 Å². The van der Waals surface area contributed by atoms with Gasteiger partial charge in [0.25, 0.3) is 0 Å². The molecule has 0 aromatic carbocycles. The molecule has 1 aliphatic heterocycles. The van der Waals surface area contributed by atoms with Gasteiger partial charge in [-0.2, -0.15) is 0 Å². The number of hydrogen-bond donors (Lipinski definition) is 0. The fourth-order valence-corrected chi connectivity index (χ4v) is 12.3. The van der Waals surface area contributed by atoms with E-state index in [1.807, 2.05) is 0 Å². The lowest BCUT2D eigenvalue weighted by Crippen LogP contribution is -2.49. The van der Waals surface area contributed by atoms with Gasteiger partial charge in [-0.1, -0.05) is 219 Å². The van der Waals surface area contributed by atoms with Crippen molar-refractivity contribution in [3.63, 3.8) is 0 Å². The number of rotatable bonds is 42. The topological polar surface area (TPSA) is 24.9 Å². The molecule has 0 atom stereocenters. The highest BCUT2D eigenvalue weighted by atomic mass is 28.4. The van der Waals surface area contributed by atoms with Gasteiger partial charge in [0.1, 0.15) is 0 Å². The van der Waals surface area contributed by atoms with Gasteiger partial charge in [-0.3, -0.25) is 9.80 Å². The summed E-state index contributed by atoms with van der Waals surface area (Å²) in [4.78, 5) is 5.26. The van der Waals surface area contributed by atoms with Crippen LogP contribution in [0.15, 0.2) is 0 Å². The maximum atomic E-state index is 6.55. The molecule has 0 aliphatic carbocycles. The van der Waals surface area contributed by atoms with Gasteiger partial charge in [-0.25, -0.2) is 0 Å². The van der Waals surface area contributed by atoms with Crippen LogP contribution in [0, 0.1) is 0 Å². The second kappa shape index (κ2) is 37.5. The van der Waals surface area contributed by atoms with Crippen LogP contribution in [0.3, 0.4) is 0 Å². The third-order valence-corrected chi connectivity index (χ3v) is 17.6. The van der Waals surface area contributed by atoms with Gasteiger partial charge in [0.05, 0.1) is 0 Å². The molecule has 1 fully saturated rings. The number of unbranched alkanes of at least 4 members (excludes halogenated alkanes) is 30. The molecule has 0 N–H and O–H groups in total. The van der Waals surface area contributed by atoms with E-state index in [1.54, 1.807) is 0 Å². The Bertz CT molecular complexity index is 697. The molecule has 0 saturated carbocycles. The van der Waals surface area contributed by atoms with Crippen molar-refractivity contribution in [1.29, 1.82) is 0 Å². The van der Waals surface area contributed by atoms with Crippen LogP contribution in [-0.2, 0) is 8.85 Å². The smallest absolute Gasteiger partial charge is 0.186 e. The van der Waals surface area contributed by atoms with Gasteiger partial charge in [0.15, 0.2) is 16.6 Å². The van der Waals surface area contributed by atoms with Crippen LogP contribution in [0.4, 0.5) is 0 Å². The molecular weight excluding hydrogens is 693 g/mol. The zero-order valence-electron chi connectivity index (χ0n) is 38.4. The molecule has 0 aromatic rings. The van der Waals surface area contributed by atoms with E-state index in [1.165, 1.54) is 244 Å². The van der Waals surface area contributed by atoms with Gasteiger partial charge in [0, 0.05) is 52.5 Å². The van der Waals surface area contributed by atoms with E-state index in [-0.39, 0.29) is 0 Å². The van der Waals surface area contributed by atoms with Gasteiger partial charge >= 0.3 is 0 Å². The first kappa shape index (κ1) is 52.3. The average Bonchev–Trinajstić information content (AvgIpc) is 3.15. The second-order valence-electron chi connectivity index (χ2n) is 19.0. The third kappa shape index (κ3) is 35.4. The average molecular weight is 796 g/mol. The molecule has 6 heteroatoms. The van der Waals surface area contributed by atoms with E-state index in [0.29, 0.717) is 0 Å². The van der Waals surface area contributed by atoms with Crippen molar-refractivity contribution in [2.75, 3.05) is 52.5 Å². The molecular formula is C48H102N2O2Si2. The second-order valence-corrected chi connectivity index (χ2v) is 27.6. The van der Waals surface area contributed by atoms with Crippen LogP contribution in [0.1, 0.15) is 219 Å². The molecule has 0 radical (unpaired) electrons. The zero-order chi connectivity index (χ0) is 39.3. The van der Waals surface area contributed by atoms with E-state index in [9.17, 15) is 0 Å². The molecule has 1 saturated heterocycles. The summed E-state index contributed by atoms with van der Waals surface area (Å²) in [5, 5.41) is 0. The van der Waals surface area contributed by atoms with Crippen LogP contribution in [0.2, 0.25) is 38.3 Å². The monoisotopic (exact) mass is 795 g/mol. The molecule has 0 spiro atoms. The summed E-state index contributed by atoms with van der Waals surface area (Å²) in [6, 6.07) is 2.66. The number of nitrogens with zero attached hydrogens (tertiary/aromatic N) is 2. The van der Waals surface area contributed by atoms with Crippen molar-refractivity contribution in [3.05, 3.63) is 0 Å². The molecule has 54 heavy (non-hydrogen) atoms. The Kier molecular flexibility index (Phi) is 36.4. The summed E-state index contributed by atoms with van der Waals surface area (Å²) in [5.41, 5.74) is 0. The Labute approximate surface area is 344 Å². The summed E-state index contributed by atoms with van der Waals surface area (Å²) < 4.78 is 13.1. The molecule has 1 rings (SSSR count). The van der Waals surface area contributed by atoms with E-state index >= 15 is 0 Å². The fraction of sp³-hybridized carbons (Fsp3) is 1.00. The lowest BCUT2D eigenvalue weighted by Gasteiger charge is -2.36. The molecule has 0 bridgehead atoms. The predicted molar refractivity (Wildman–Crippen MR) is 248 cm³/mol. The minimum Gasteiger partial charge on any atom is -0.416 e. The van der Waals surface area contributed by atoms with Crippen LogP contribution < -0.4 is 0 Å². The van der Waals surface area contributed by atoms with E-state index in [2.05, 4.69) is 49.8 Å². The Balaban J connectivity index is 1.89. The normalized spacial score (nSPS) is 14.8. The number of hydrogen-bond acceptors (Lipinski definition) is 4. The lowest BCUT2D eigenvalue weighted by molar-refractivity contribution is 0.103. The third-order valence-electron chi connectivity index (χ3n) is 12.5. The minimum atomic E-state index is -1.52. The predicted octanol–water partition coefficient (Wildman–Crippen LogP) is 15.6. The zero-order valence-corrected chi connectivity index (χ0v) is 40.4. The molecule has 1 heterocycles. The van der Waals surface area contributed by atoms with Crippen LogP contribution >= 0.6 is 0 Å². The first-order chi connectivity index (χ1) is 26.3. The van der Waals surface area contributed by atoms with Crippen LogP contribution in [0.25, 0.3) is 0 Å². The highest BCUT2D eigenvalue weighted by molar-refractivity contribution is 6.71. The van der Waals surface area contributed by atoms with Crippen LogP contribution in [0.5, 0.6) is 0 Å². The molecule has 1 aliphatic rings. The van der Waals surface area contributed by atoms with E-state index in [4.69, 9.17) is 8.85 Å². The standard InChI is InChI=1S/C48H102N2O2Si2/c1-7-9-11-13-15-17-19-21-23-25-27-29-31-33-35-37-47-53(3,4)51-45-43-49-39-41-50(42-40-49)44-46-52-54(5,6)48-38-36-34-32-30-28-26-24-22-20-18-16-14-12-10-8-2/h7-48H2,1-6H3. The minimum absolute atomic E-state index is 0.931. The molecule has 324 valence electrons. The van der Waals surface area contributed by atoms with Crippen molar-refractivity contribution in [1.82, 2.24) is 9.80 Å². The summed E-state index contributed by atoms with van der Waals surface area (Å²) in [6.07, 6.45) is 46.2. The molecule has 0 unspecified atom stereocenters. The summed E-state index contributed by atoms with van der Waals surface area (Å²) in [5.74, 6) is 0. The fourth-order valence-electron chi connectivity index (χ4n) is 8.48. The van der Waals surface area contributed by atoms with Crippen molar-refractivity contribution >= 4 is 16.6 Å². The van der Waals surface area contributed by atoms with Gasteiger partial charge in [-0.15, -0.1) is 0 Å². The highest BCUT2D eigenvalue weighted by Gasteiger charge is 2.24. The molecule has 0 amide bonds. The van der Waals surface area contributed by atoms with E-state index < -0.39 is 16.6 Å². The summed E-state index contributed by atoms with van der Waals surface area (Å²) in [7, 11) is -3.05. The summed E-state index contributed by atoms with van der Waals surface area (Å²) in [6.45, 7) is 23.2. The highest BCUT2D eigenvalue weighted by Crippen LogP contribution is 2.20. The Morgan fingerprint density at radius 2 is 0.519 bits per heavy atom. The van der Waals surface area contributed by atoms with Gasteiger partial charge in [-0.05, 0) is 38.3 Å². The van der Waals surface area contributed by atoms with Crippen molar-refractivity contribution < 1.29 is 8.85 Å². The molecule has 0 aromatic heterocycles. The SMILES string of the molecule is CCCCCCCCCCCCCCCCCC[Si](C)(C)OCCN1CCN(CCO[Si](C)(C)CCCCCCCCCCCCCCCCCC)CC1. The van der Waals surface area contributed by atoms with Gasteiger partial charge < -0.3 is 8.85 Å². The maximum absolute atomic E-state index is 6.55. The quantitative estimate of drug-likeness (QED) is 0.0454. The first-order valence-electron chi connectivity index (χ1n) is 25.0. The largest absolute Gasteiger partial charge is 0.416 e. The Morgan fingerprint density at radius 1 is 0.315 bits per heavy atom. The number of piperazine rings is 1. The Morgan fingerprint density at radius 3 is 0.741 bits per heavy atom. The molecule has 4 nitrogen and oxygen atoms in total. The van der Waals surface area contributed by atoms with Crippen molar-refractivity contribution in [2.24, 2.45) is 0 Å². The van der Waals surface area contributed by atoms with E-state index in [0.717, 1.165) is 26.3 Å². The summed E-state index contributed by atoms with van der Waals surface area (Å²) >= 11 is 0.